The van der Waals surface area contributed by atoms with Gasteiger partial charge in [0, 0.05) is 6.42 Å². The molecule has 0 saturated carbocycles. The van der Waals surface area contributed by atoms with Gasteiger partial charge in [-0.25, -0.2) is 0 Å². The van der Waals surface area contributed by atoms with Crippen molar-refractivity contribution in [2.75, 3.05) is 6.61 Å². The molecule has 0 rings (SSSR count). The van der Waals surface area contributed by atoms with Gasteiger partial charge in [0.25, 0.3) is 0 Å². The second-order valence-electron chi connectivity index (χ2n) is 15.5. The Balaban J connectivity index is 3.56. The van der Waals surface area contributed by atoms with Crippen LogP contribution in [0.4, 0.5) is 0 Å². The van der Waals surface area contributed by atoms with Gasteiger partial charge >= 0.3 is 0 Å². The molecule has 0 radical (unpaired) electrons. The lowest BCUT2D eigenvalue weighted by atomic mass is 10.0. The molecule has 0 aromatic heterocycles. The maximum Gasteiger partial charge on any atom is 0.220 e. The molecule has 4 nitrogen and oxygen atoms in total. The summed E-state index contributed by atoms with van der Waals surface area (Å²) in [5, 5.41) is 23.0. The number of carbonyl (C=O) groups is 1. The van der Waals surface area contributed by atoms with Crippen LogP contribution in [0, 0.1) is 0 Å². The van der Waals surface area contributed by atoms with E-state index in [1.165, 1.54) is 173 Å². The maximum atomic E-state index is 12.4. The average Bonchev–Trinajstić information content (AvgIpc) is 3.13. The van der Waals surface area contributed by atoms with Crippen LogP contribution in [0.5, 0.6) is 0 Å². The first-order chi connectivity index (χ1) is 25.2. The molecule has 3 N–H and O–H groups in total. The lowest BCUT2D eigenvalue weighted by molar-refractivity contribution is -0.123. The smallest absolute Gasteiger partial charge is 0.220 e. The van der Waals surface area contributed by atoms with Crippen LogP contribution in [0.2, 0.25) is 0 Å². The van der Waals surface area contributed by atoms with E-state index >= 15 is 0 Å². The summed E-state index contributed by atoms with van der Waals surface area (Å²) in [7, 11) is 0. The SMILES string of the molecule is CCCCCC/C=C\C/C=C\CCCCCCCC(=O)NC(CO)C(O)/C=C/CCCCCCCCCCCCCCCCCCCCCCC. The molecule has 0 bridgehead atoms. The van der Waals surface area contributed by atoms with Gasteiger partial charge in [-0.15, -0.1) is 0 Å². The van der Waals surface area contributed by atoms with Crippen LogP contribution in [-0.4, -0.2) is 34.9 Å². The van der Waals surface area contributed by atoms with Gasteiger partial charge in [-0.1, -0.05) is 217 Å². The summed E-state index contributed by atoms with van der Waals surface area (Å²) >= 11 is 0. The fraction of sp³-hybridized carbons (Fsp3) is 0.851. The van der Waals surface area contributed by atoms with Gasteiger partial charge in [-0.3, -0.25) is 4.79 Å². The summed E-state index contributed by atoms with van der Waals surface area (Å²) in [4.78, 5) is 12.4. The molecule has 0 spiro atoms. The molecule has 0 aliphatic carbocycles. The third-order valence-electron chi connectivity index (χ3n) is 10.4. The fourth-order valence-corrected chi connectivity index (χ4v) is 6.86. The molecule has 2 unspecified atom stereocenters. The van der Waals surface area contributed by atoms with Gasteiger partial charge < -0.3 is 15.5 Å². The second kappa shape index (κ2) is 43.0. The highest BCUT2D eigenvalue weighted by atomic mass is 16.3. The number of nitrogens with one attached hydrogen (secondary N) is 1. The number of aliphatic hydroxyl groups excluding tert-OH is 2. The third kappa shape index (κ3) is 39.6. The van der Waals surface area contributed by atoms with E-state index in [1.807, 2.05) is 6.08 Å². The summed E-state index contributed by atoms with van der Waals surface area (Å²) in [6, 6.07) is -0.629. The molecule has 0 aliphatic heterocycles. The number of allylic oxidation sites excluding steroid dienone is 5. The summed E-state index contributed by atoms with van der Waals surface area (Å²) in [5.41, 5.74) is 0. The van der Waals surface area contributed by atoms with Crippen molar-refractivity contribution in [1.82, 2.24) is 5.32 Å². The van der Waals surface area contributed by atoms with E-state index in [-0.39, 0.29) is 12.5 Å². The first-order valence-electron chi connectivity index (χ1n) is 22.7. The molecular weight excluding hydrogens is 627 g/mol. The minimum atomic E-state index is -0.844. The van der Waals surface area contributed by atoms with Crippen molar-refractivity contribution in [3.8, 4) is 0 Å². The molecule has 0 aromatic rings. The summed E-state index contributed by atoms with van der Waals surface area (Å²) in [5.74, 6) is -0.0767. The lowest BCUT2D eigenvalue weighted by Crippen LogP contribution is -2.45. The number of hydrogen-bond acceptors (Lipinski definition) is 3. The maximum absolute atomic E-state index is 12.4. The Morgan fingerprint density at radius 2 is 0.804 bits per heavy atom. The van der Waals surface area contributed by atoms with Gasteiger partial charge in [0.2, 0.25) is 5.91 Å². The predicted octanol–water partition coefficient (Wildman–Crippen LogP) is 14.2. The Morgan fingerprint density at radius 3 is 1.20 bits per heavy atom. The Labute approximate surface area is 319 Å². The molecule has 0 heterocycles. The van der Waals surface area contributed by atoms with Crippen molar-refractivity contribution >= 4 is 5.91 Å². The van der Waals surface area contributed by atoms with E-state index in [0.717, 1.165) is 44.9 Å². The molecular formula is C47H89NO3. The zero-order chi connectivity index (χ0) is 37.1. The Kier molecular flexibility index (Phi) is 41.8. The van der Waals surface area contributed by atoms with Crippen LogP contribution in [0.3, 0.4) is 0 Å². The van der Waals surface area contributed by atoms with Crippen molar-refractivity contribution in [2.45, 2.75) is 251 Å². The number of hydrogen-bond donors (Lipinski definition) is 3. The number of unbranched alkanes of at least 4 members (excludes halogenated alkanes) is 30. The van der Waals surface area contributed by atoms with E-state index in [2.05, 4.69) is 43.5 Å². The van der Waals surface area contributed by atoms with Crippen LogP contribution in [-0.2, 0) is 4.79 Å². The number of aliphatic hydroxyl groups is 2. The highest BCUT2D eigenvalue weighted by molar-refractivity contribution is 5.76. The molecule has 2 atom stereocenters. The van der Waals surface area contributed by atoms with Crippen molar-refractivity contribution in [1.29, 1.82) is 0 Å². The van der Waals surface area contributed by atoms with Crippen molar-refractivity contribution in [2.24, 2.45) is 0 Å². The van der Waals surface area contributed by atoms with Crippen molar-refractivity contribution < 1.29 is 15.0 Å². The van der Waals surface area contributed by atoms with Crippen LogP contribution in [0.15, 0.2) is 36.5 Å². The Morgan fingerprint density at radius 1 is 0.471 bits per heavy atom. The van der Waals surface area contributed by atoms with Crippen LogP contribution < -0.4 is 5.32 Å². The molecule has 1 amide bonds. The van der Waals surface area contributed by atoms with Crippen LogP contribution >= 0.6 is 0 Å². The highest BCUT2D eigenvalue weighted by Gasteiger charge is 2.17. The topological polar surface area (TPSA) is 69.6 Å². The number of rotatable bonds is 41. The molecule has 0 aliphatic rings. The van der Waals surface area contributed by atoms with E-state index in [1.54, 1.807) is 6.08 Å². The molecule has 0 aromatic carbocycles. The third-order valence-corrected chi connectivity index (χ3v) is 10.4. The summed E-state index contributed by atoms with van der Waals surface area (Å²) in [6.07, 6.45) is 56.8. The van der Waals surface area contributed by atoms with Gasteiger partial charge in [-0.2, -0.15) is 0 Å². The van der Waals surface area contributed by atoms with E-state index in [0.29, 0.717) is 6.42 Å². The summed E-state index contributed by atoms with van der Waals surface area (Å²) < 4.78 is 0. The van der Waals surface area contributed by atoms with E-state index < -0.39 is 12.1 Å². The first kappa shape index (κ1) is 49.6. The van der Waals surface area contributed by atoms with Crippen LogP contribution in [0.25, 0.3) is 0 Å². The van der Waals surface area contributed by atoms with E-state index in [9.17, 15) is 15.0 Å². The second-order valence-corrected chi connectivity index (χ2v) is 15.5. The Bertz CT molecular complexity index is 775. The van der Waals surface area contributed by atoms with Gasteiger partial charge in [0.15, 0.2) is 0 Å². The van der Waals surface area contributed by atoms with E-state index in [4.69, 9.17) is 0 Å². The molecule has 0 fully saturated rings. The standard InChI is InChI=1S/C47H89NO3/c1-3-5-7-9-11-13-15-17-19-21-22-23-24-25-26-27-28-30-32-34-36-38-40-42-46(50)45(44-49)48-47(51)43-41-39-37-35-33-31-29-20-18-16-14-12-10-8-6-4-2/h14,16,20,29,40,42,45-46,49-50H,3-13,15,17-19,21-28,30-39,41,43-44H2,1-2H3,(H,48,51)/b16-14-,29-20-,42-40+. The van der Waals surface area contributed by atoms with Crippen molar-refractivity contribution in [3.63, 3.8) is 0 Å². The lowest BCUT2D eigenvalue weighted by Gasteiger charge is -2.20. The largest absolute Gasteiger partial charge is 0.394 e. The fourth-order valence-electron chi connectivity index (χ4n) is 6.86. The van der Waals surface area contributed by atoms with Crippen molar-refractivity contribution in [3.05, 3.63) is 36.5 Å². The Hall–Kier alpha value is -1.39. The molecule has 51 heavy (non-hydrogen) atoms. The first-order valence-corrected chi connectivity index (χ1v) is 22.7. The van der Waals surface area contributed by atoms with Gasteiger partial charge in [-0.05, 0) is 51.4 Å². The number of amides is 1. The molecule has 4 heteroatoms. The minimum absolute atomic E-state index is 0.0767. The zero-order valence-corrected chi connectivity index (χ0v) is 34.4. The number of carbonyl (C=O) groups excluding carboxylic acids is 1. The highest BCUT2D eigenvalue weighted by Crippen LogP contribution is 2.16. The molecule has 0 saturated heterocycles. The summed E-state index contributed by atoms with van der Waals surface area (Å²) in [6.45, 7) is 4.30. The normalized spacial score (nSPS) is 13.3. The monoisotopic (exact) mass is 716 g/mol. The zero-order valence-electron chi connectivity index (χ0n) is 34.4. The van der Waals surface area contributed by atoms with Crippen LogP contribution in [0.1, 0.15) is 239 Å². The van der Waals surface area contributed by atoms with Gasteiger partial charge in [0.1, 0.15) is 0 Å². The predicted molar refractivity (Wildman–Crippen MR) is 225 cm³/mol. The quantitative estimate of drug-likeness (QED) is 0.0436. The average molecular weight is 716 g/mol. The molecule has 300 valence electrons. The van der Waals surface area contributed by atoms with Gasteiger partial charge in [0.05, 0.1) is 18.8 Å². The minimum Gasteiger partial charge on any atom is -0.394 e.